The maximum absolute atomic E-state index is 5.39. The van der Waals surface area contributed by atoms with Crippen molar-refractivity contribution in [3.8, 4) is 0 Å². The molecule has 2 fully saturated rings. The summed E-state index contributed by atoms with van der Waals surface area (Å²) in [6, 6.07) is 1.48. The maximum Gasteiger partial charge on any atom is 0.0480 e. The minimum atomic E-state index is 0.684. The fourth-order valence-corrected chi connectivity index (χ4v) is 3.21. The van der Waals surface area contributed by atoms with E-state index < -0.39 is 0 Å². The van der Waals surface area contributed by atoms with Crippen LogP contribution in [-0.2, 0) is 4.74 Å². The highest BCUT2D eigenvalue weighted by Gasteiger charge is 2.21. The molecule has 0 aromatic carbocycles. The Kier molecular flexibility index (Phi) is 6.57. The molecule has 0 aromatic heterocycles. The van der Waals surface area contributed by atoms with Crippen LogP contribution < -0.4 is 5.32 Å². The van der Waals surface area contributed by atoms with Gasteiger partial charge in [0.15, 0.2) is 0 Å². The van der Waals surface area contributed by atoms with E-state index in [0.29, 0.717) is 6.04 Å². The molecule has 0 amide bonds. The normalized spacial score (nSPS) is 24.2. The van der Waals surface area contributed by atoms with Gasteiger partial charge in [0, 0.05) is 38.4 Å². The largest absolute Gasteiger partial charge is 0.381 e. The third kappa shape index (κ3) is 5.03. The minimum absolute atomic E-state index is 0.684. The summed E-state index contributed by atoms with van der Waals surface area (Å²) in [6.07, 6.45) is 5.03. The van der Waals surface area contributed by atoms with Crippen molar-refractivity contribution in [2.45, 2.75) is 44.7 Å². The molecule has 0 aromatic rings. The molecule has 4 nitrogen and oxygen atoms in total. The first-order valence-corrected chi connectivity index (χ1v) is 8.03. The van der Waals surface area contributed by atoms with Crippen LogP contribution in [0.25, 0.3) is 0 Å². The van der Waals surface area contributed by atoms with E-state index in [9.17, 15) is 0 Å². The molecule has 0 unspecified atom stereocenters. The molecule has 0 atom stereocenters. The molecule has 0 radical (unpaired) electrons. The Morgan fingerprint density at radius 3 is 2.47 bits per heavy atom. The number of ether oxygens (including phenoxy) is 1. The van der Waals surface area contributed by atoms with E-state index in [4.69, 9.17) is 4.74 Å². The van der Waals surface area contributed by atoms with Gasteiger partial charge in [-0.15, -0.1) is 0 Å². The summed E-state index contributed by atoms with van der Waals surface area (Å²) in [4.78, 5) is 5.12. The minimum Gasteiger partial charge on any atom is -0.381 e. The predicted molar refractivity (Wildman–Crippen MR) is 79.6 cm³/mol. The van der Waals surface area contributed by atoms with Gasteiger partial charge in [-0.1, -0.05) is 6.92 Å². The number of hydrogen-bond donors (Lipinski definition) is 1. The lowest BCUT2D eigenvalue weighted by molar-refractivity contribution is 0.0760. The number of nitrogens with one attached hydrogen (secondary N) is 1. The number of rotatable bonds is 6. The molecular formula is C15H31N3O. The predicted octanol–water partition coefficient (Wildman–Crippen LogP) is 1.17. The quantitative estimate of drug-likeness (QED) is 0.783. The van der Waals surface area contributed by atoms with Gasteiger partial charge in [0.2, 0.25) is 0 Å². The summed E-state index contributed by atoms with van der Waals surface area (Å²) in [7, 11) is 2.29. The van der Waals surface area contributed by atoms with Gasteiger partial charge in [0.25, 0.3) is 0 Å². The third-order valence-electron chi connectivity index (χ3n) is 4.75. The zero-order valence-electron chi connectivity index (χ0n) is 12.7. The second-order valence-electron chi connectivity index (χ2n) is 5.99. The molecule has 2 aliphatic heterocycles. The van der Waals surface area contributed by atoms with Gasteiger partial charge < -0.3 is 19.9 Å². The van der Waals surface area contributed by atoms with Gasteiger partial charge in [-0.05, 0) is 52.4 Å². The van der Waals surface area contributed by atoms with E-state index in [-0.39, 0.29) is 0 Å². The molecule has 1 N–H and O–H groups in total. The first-order chi connectivity index (χ1) is 9.29. The molecule has 0 spiro atoms. The highest BCUT2D eigenvalue weighted by Crippen LogP contribution is 2.14. The van der Waals surface area contributed by atoms with Crippen molar-refractivity contribution in [1.82, 2.24) is 15.1 Å². The highest BCUT2D eigenvalue weighted by molar-refractivity contribution is 4.78. The van der Waals surface area contributed by atoms with Crippen molar-refractivity contribution in [3.05, 3.63) is 0 Å². The van der Waals surface area contributed by atoms with Crippen molar-refractivity contribution in [3.63, 3.8) is 0 Å². The lowest BCUT2D eigenvalue weighted by atomic mass is 10.0. The van der Waals surface area contributed by atoms with Crippen LogP contribution in [0.5, 0.6) is 0 Å². The molecule has 2 rings (SSSR count). The van der Waals surface area contributed by atoms with Crippen molar-refractivity contribution >= 4 is 0 Å². The molecule has 0 bridgehead atoms. The van der Waals surface area contributed by atoms with Gasteiger partial charge >= 0.3 is 0 Å². The van der Waals surface area contributed by atoms with Crippen LogP contribution in [0.15, 0.2) is 0 Å². The van der Waals surface area contributed by atoms with Gasteiger partial charge in [0.1, 0.15) is 0 Å². The van der Waals surface area contributed by atoms with Crippen LogP contribution >= 0.6 is 0 Å². The third-order valence-corrected chi connectivity index (χ3v) is 4.75. The summed E-state index contributed by atoms with van der Waals surface area (Å²) < 4.78 is 5.39. The first kappa shape index (κ1) is 15.2. The number of likely N-dealkylation sites (N-methyl/N-ethyl adjacent to an activating group) is 1. The summed E-state index contributed by atoms with van der Waals surface area (Å²) in [5, 5.41) is 3.68. The maximum atomic E-state index is 5.39. The fourth-order valence-electron chi connectivity index (χ4n) is 3.21. The molecule has 112 valence electrons. The summed E-state index contributed by atoms with van der Waals surface area (Å²) in [6.45, 7) is 10.2. The second kappa shape index (κ2) is 8.20. The highest BCUT2D eigenvalue weighted by atomic mass is 16.5. The second-order valence-corrected chi connectivity index (χ2v) is 5.99. The van der Waals surface area contributed by atoms with Crippen molar-refractivity contribution in [2.24, 2.45) is 0 Å². The van der Waals surface area contributed by atoms with Gasteiger partial charge in [-0.25, -0.2) is 0 Å². The monoisotopic (exact) mass is 269 g/mol. The lowest BCUT2D eigenvalue weighted by Crippen LogP contribution is -2.46. The van der Waals surface area contributed by atoms with Crippen LogP contribution in [0.1, 0.15) is 32.6 Å². The lowest BCUT2D eigenvalue weighted by Gasteiger charge is -2.36. The Hall–Kier alpha value is -0.160. The van der Waals surface area contributed by atoms with Crippen molar-refractivity contribution in [2.75, 3.05) is 53.0 Å². The van der Waals surface area contributed by atoms with Crippen LogP contribution in [-0.4, -0.2) is 74.9 Å². The zero-order chi connectivity index (χ0) is 13.5. The van der Waals surface area contributed by atoms with Crippen molar-refractivity contribution in [1.29, 1.82) is 0 Å². The summed E-state index contributed by atoms with van der Waals surface area (Å²) >= 11 is 0. The number of nitrogens with zero attached hydrogens (tertiary/aromatic N) is 2. The van der Waals surface area contributed by atoms with Crippen LogP contribution in [0.3, 0.4) is 0 Å². The molecule has 4 heteroatoms. The van der Waals surface area contributed by atoms with Crippen LogP contribution in [0.4, 0.5) is 0 Å². The Balaban J connectivity index is 1.57. The molecule has 0 aliphatic carbocycles. The Labute approximate surface area is 118 Å². The van der Waals surface area contributed by atoms with Gasteiger partial charge in [0.05, 0.1) is 0 Å². The van der Waals surface area contributed by atoms with Gasteiger partial charge in [-0.2, -0.15) is 0 Å². The number of hydrogen-bond acceptors (Lipinski definition) is 4. The van der Waals surface area contributed by atoms with E-state index in [1.165, 1.54) is 51.9 Å². The smallest absolute Gasteiger partial charge is 0.0480 e. The zero-order valence-corrected chi connectivity index (χ0v) is 12.7. The van der Waals surface area contributed by atoms with E-state index >= 15 is 0 Å². The van der Waals surface area contributed by atoms with Gasteiger partial charge in [-0.3, -0.25) is 0 Å². The molecular weight excluding hydrogens is 238 g/mol. The van der Waals surface area contributed by atoms with E-state index in [2.05, 4.69) is 29.1 Å². The Morgan fingerprint density at radius 2 is 1.84 bits per heavy atom. The molecule has 2 aliphatic rings. The molecule has 2 saturated heterocycles. The fraction of sp³-hybridized carbons (Fsp3) is 1.00. The molecule has 2 heterocycles. The Morgan fingerprint density at radius 1 is 1.16 bits per heavy atom. The van der Waals surface area contributed by atoms with Crippen molar-refractivity contribution < 1.29 is 4.74 Å². The van der Waals surface area contributed by atoms with E-state index in [1.807, 2.05) is 0 Å². The Bertz CT molecular complexity index is 236. The first-order valence-electron chi connectivity index (χ1n) is 8.03. The van der Waals surface area contributed by atoms with Crippen LogP contribution in [0, 0.1) is 0 Å². The summed E-state index contributed by atoms with van der Waals surface area (Å²) in [5.74, 6) is 0. The average Bonchev–Trinajstić information content (AvgIpc) is 2.48. The molecule has 19 heavy (non-hydrogen) atoms. The average molecular weight is 269 g/mol. The van der Waals surface area contributed by atoms with E-state index in [0.717, 1.165) is 25.8 Å². The number of likely N-dealkylation sites (tertiary alicyclic amines) is 1. The summed E-state index contributed by atoms with van der Waals surface area (Å²) in [5.41, 5.74) is 0. The molecule has 0 saturated carbocycles. The van der Waals surface area contributed by atoms with Crippen LogP contribution in [0.2, 0.25) is 0 Å². The number of piperidine rings is 1. The van der Waals surface area contributed by atoms with E-state index in [1.54, 1.807) is 0 Å². The standard InChI is InChI=1S/C15H31N3O/c1-3-18-9-4-15(5-10-18)17(2)11-8-16-14-6-12-19-13-7-14/h14-16H,3-13H2,1-2H3. The topological polar surface area (TPSA) is 27.7 Å². The SMILES string of the molecule is CCN1CCC(N(C)CCNC2CCOCC2)CC1.